The van der Waals surface area contributed by atoms with Crippen LogP contribution in [0.25, 0.3) is 0 Å². The van der Waals surface area contributed by atoms with E-state index in [1.807, 2.05) is 11.8 Å². The van der Waals surface area contributed by atoms with Crippen molar-refractivity contribution in [3.63, 3.8) is 0 Å². The number of hydrogen-bond acceptors (Lipinski definition) is 3. The third-order valence-electron chi connectivity index (χ3n) is 5.02. The van der Waals surface area contributed by atoms with E-state index in [4.69, 9.17) is 0 Å². The van der Waals surface area contributed by atoms with Gasteiger partial charge in [0.25, 0.3) is 0 Å². The molecular formula is C17H34N2S. The van der Waals surface area contributed by atoms with Crippen LogP contribution in [-0.4, -0.2) is 54.7 Å². The maximum Gasteiger partial charge on any atom is 0.0441 e. The van der Waals surface area contributed by atoms with Crippen LogP contribution in [0.15, 0.2) is 0 Å². The first kappa shape index (κ1) is 16.6. The van der Waals surface area contributed by atoms with Gasteiger partial charge < -0.3 is 4.90 Å². The summed E-state index contributed by atoms with van der Waals surface area (Å²) in [5, 5.41) is 0. The van der Waals surface area contributed by atoms with Crippen LogP contribution >= 0.6 is 11.8 Å². The summed E-state index contributed by atoms with van der Waals surface area (Å²) >= 11 is 1.97. The quantitative estimate of drug-likeness (QED) is 0.737. The molecule has 0 aliphatic carbocycles. The molecule has 0 aromatic rings. The molecule has 3 heteroatoms. The van der Waals surface area contributed by atoms with Crippen LogP contribution in [-0.2, 0) is 0 Å². The highest BCUT2D eigenvalue weighted by molar-refractivity contribution is 7.98. The lowest BCUT2D eigenvalue weighted by molar-refractivity contribution is 0.133. The van der Waals surface area contributed by atoms with Gasteiger partial charge >= 0.3 is 0 Å². The molecule has 118 valence electrons. The predicted molar refractivity (Wildman–Crippen MR) is 91.3 cm³/mol. The van der Waals surface area contributed by atoms with E-state index in [1.54, 1.807) is 0 Å². The minimum atomic E-state index is 0.826. The zero-order valence-electron chi connectivity index (χ0n) is 13.8. The van der Waals surface area contributed by atoms with Crippen LogP contribution in [0, 0.1) is 17.8 Å². The smallest absolute Gasteiger partial charge is 0.0441 e. The van der Waals surface area contributed by atoms with E-state index in [2.05, 4.69) is 29.9 Å². The monoisotopic (exact) mass is 298 g/mol. The lowest BCUT2D eigenvalue weighted by Gasteiger charge is -2.37. The normalized spacial score (nSPS) is 24.6. The minimum absolute atomic E-state index is 0.826. The summed E-state index contributed by atoms with van der Waals surface area (Å²) in [6, 6.07) is 0. The first-order chi connectivity index (χ1) is 9.67. The Bertz CT molecular complexity index is 254. The standard InChI is InChI=1S/C17H34N2S/c1-15(2)13-18-8-4-16(5-9-18)12-17-6-10-19(11-7-17)14-20-3/h15-17H,4-14H2,1-3H3. The summed E-state index contributed by atoms with van der Waals surface area (Å²) in [6.07, 6.45) is 9.55. The molecule has 0 saturated carbocycles. The number of hydrogen-bond donors (Lipinski definition) is 0. The molecule has 2 fully saturated rings. The van der Waals surface area contributed by atoms with Crippen LogP contribution in [0.1, 0.15) is 46.0 Å². The highest BCUT2D eigenvalue weighted by atomic mass is 32.2. The van der Waals surface area contributed by atoms with Gasteiger partial charge in [-0.2, -0.15) is 0 Å². The summed E-state index contributed by atoms with van der Waals surface area (Å²) in [4.78, 5) is 5.31. The predicted octanol–water partition coefficient (Wildman–Crippen LogP) is 3.78. The van der Waals surface area contributed by atoms with Gasteiger partial charge in [-0.05, 0) is 82.3 Å². The van der Waals surface area contributed by atoms with Gasteiger partial charge in [-0.25, -0.2) is 0 Å². The second kappa shape index (κ2) is 8.65. The molecule has 2 aliphatic heterocycles. The van der Waals surface area contributed by atoms with Crippen molar-refractivity contribution in [2.75, 3.05) is 44.9 Å². The largest absolute Gasteiger partial charge is 0.303 e. The Morgan fingerprint density at radius 3 is 1.85 bits per heavy atom. The number of rotatable bonds is 6. The lowest BCUT2D eigenvalue weighted by atomic mass is 9.83. The van der Waals surface area contributed by atoms with Gasteiger partial charge in [0, 0.05) is 12.4 Å². The SMILES string of the molecule is CSCN1CCC(CC2CCN(CC(C)C)CC2)CC1. The summed E-state index contributed by atoms with van der Waals surface area (Å²) in [6.45, 7) is 11.4. The van der Waals surface area contributed by atoms with E-state index in [-0.39, 0.29) is 0 Å². The Labute approximate surface area is 130 Å². The van der Waals surface area contributed by atoms with Gasteiger partial charge in [-0.3, -0.25) is 4.90 Å². The zero-order chi connectivity index (χ0) is 14.4. The molecule has 0 amide bonds. The number of piperidine rings is 2. The highest BCUT2D eigenvalue weighted by Crippen LogP contribution is 2.30. The van der Waals surface area contributed by atoms with Crippen LogP contribution < -0.4 is 0 Å². The molecule has 0 spiro atoms. The maximum atomic E-state index is 2.68. The molecule has 0 aromatic heterocycles. The van der Waals surface area contributed by atoms with Crippen molar-refractivity contribution in [3.8, 4) is 0 Å². The molecule has 2 aliphatic rings. The second-order valence-corrected chi connectivity index (χ2v) is 8.19. The fourth-order valence-corrected chi connectivity index (χ4v) is 4.55. The number of thioether (sulfide) groups is 1. The molecule has 0 atom stereocenters. The van der Waals surface area contributed by atoms with Crippen molar-refractivity contribution in [1.82, 2.24) is 9.80 Å². The fraction of sp³-hybridized carbons (Fsp3) is 1.00. The Kier molecular flexibility index (Phi) is 7.20. The van der Waals surface area contributed by atoms with E-state index in [0.29, 0.717) is 0 Å². The Hall–Kier alpha value is 0.270. The zero-order valence-corrected chi connectivity index (χ0v) is 14.6. The van der Waals surface area contributed by atoms with Crippen molar-refractivity contribution in [3.05, 3.63) is 0 Å². The second-order valence-electron chi connectivity index (χ2n) is 7.35. The van der Waals surface area contributed by atoms with Gasteiger partial charge in [0.1, 0.15) is 0 Å². The van der Waals surface area contributed by atoms with Crippen molar-refractivity contribution >= 4 is 11.8 Å². The van der Waals surface area contributed by atoms with Crippen molar-refractivity contribution in [2.24, 2.45) is 17.8 Å². The van der Waals surface area contributed by atoms with E-state index in [1.165, 1.54) is 70.7 Å². The summed E-state index contributed by atoms with van der Waals surface area (Å²) in [5.41, 5.74) is 0. The third-order valence-corrected chi connectivity index (χ3v) is 5.64. The fourth-order valence-electron chi connectivity index (χ4n) is 3.93. The minimum Gasteiger partial charge on any atom is -0.303 e. The molecule has 2 nitrogen and oxygen atoms in total. The van der Waals surface area contributed by atoms with Gasteiger partial charge in [-0.15, -0.1) is 11.8 Å². The summed E-state index contributed by atoms with van der Waals surface area (Å²) in [5.74, 6) is 4.11. The van der Waals surface area contributed by atoms with Gasteiger partial charge in [0.2, 0.25) is 0 Å². The van der Waals surface area contributed by atoms with E-state index < -0.39 is 0 Å². The van der Waals surface area contributed by atoms with Gasteiger partial charge in [0.05, 0.1) is 0 Å². The third kappa shape index (κ3) is 5.57. The molecule has 0 bridgehead atoms. The first-order valence-electron chi connectivity index (χ1n) is 8.61. The molecule has 0 N–H and O–H groups in total. The van der Waals surface area contributed by atoms with E-state index in [9.17, 15) is 0 Å². The molecule has 2 heterocycles. The van der Waals surface area contributed by atoms with Crippen molar-refractivity contribution in [2.45, 2.75) is 46.0 Å². The van der Waals surface area contributed by atoms with Gasteiger partial charge in [-0.1, -0.05) is 13.8 Å². The average molecular weight is 299 g/mol. The topological polar surface area (TPSA) is 6.48 Å². The molecular weight excluding hydrogens is 264 g/mol. The Morgan fingerprint density at radius 1 is 0.900 bits per heavy atom. The van der Waals surface area contributed by atoms with Crippen molar-refractivity contribution < 1.29 is 0 Å². The van der Waals surface area contributed by atoms with Crippen molar-refractivity contribution in [1.29, 1.82) is 0 Å². The maximum absolute atomic E-state index is 2.68. The molecule has 0 radical (unpaired) electrons. The van der Waals surface area contributed by atoms with Crippen LogP contribution in [0.2, 0.25) is 0 Å². The van der Waals surface area contributed by atoms with Crippen LogP contribution in [0.4, 0.5) is 0 Å². The highest BCUT2D eigenvalue weighted by Gasteiger charge is 2.25. The van der Waals surface area contributed by atoms with E-state index >= 15 is 0 Å². The number of likely N-dealkylation sites (tertiary alicyclic amines) is 2. The molecule has 0 aromatic carbocycles. The summed E-state index contributed by atoms with van der Waals surface area (Å²) in [7, 11) is 0. The Morgan fingerprint density at radius 2 is 1.40 bits per heavy atom. The lowest BCUT2D eigenvalue weighted by Crippen LogP contribution is -2.38. The number of nitrogens with zero attached hydrogens (tertiary/aromatic N) is 2. The van der Waals surface area contributed by atoms with Crippen LogP contribution in [0.5, 0.6) is 0 Å². The van der Waals surface area contributed by atoms with Crippen LogP contribution in [0.3, 0.4) is 0 Å². The van der Waals surface area contributed by atoms with E-state index in [0.717, 1.165) is 17.8 Å². The first-order valence-corrected chi connectivity index (χ1v) is 10.0. The molecule has 2 rings (SSSR count). The summed E-state index contributed by atoms with van der Waals surface area (Å²) < 4.78 is 0. The molecule has 0 unspecified atom stereocenters. The Balaban J connectivity index is 1.61. The van der Waals surface area contributed by atoms with Gasteiger partial charge in [0.15, 0.2) is 0 Å². The average Bonchev–Trinajstić information content (AvgIpc) is 2.43. The molecule has 20 heavy (non-hydrogen) atoms. The molecule has 2 saturated heterocycles.